The van der Waals surface area contributed by atoms with Gasteiger partial charge in [0.15, 0.2) is 0 Å². The second-order valence-electron chi connectivity index (χ2n) is 3.83. The van der Waals surface area contributed by atoms with Gasteiger partial charge in [0.2, 0.25) is 5.91 Å². The summed E-state index contributed by atoms with van der Waals surface area (Å²) < 4.78 is 0. The van der Waals surface area contributed by atoms with Crippen molar-refractivity contribution < 1.29 is 4.79 Å². The van der Waals surface area contributed by atoms with E-state index in [-0.39, 0.29) is 11.8 Å². The van der Waals surface area contributed by atoms with Gasteiger partial charge >= 0.3 is 0 Å². The highest BCUT2D eigenvalue weighted by Gasteiger charge is 2.30. The van der Waals surface area contributed by atoms with Gasteiger partial charge in [-0.25, -0.2) is 4.98 Å². The van der Waals surface area contributed by atoms with Crippen LogP contribution < -0.4 is 10.6 Å². The van der Waals surface area contributed by atoms with Crippen LogP contribution in [0.15, 0.2) is 18.3 Å². The monoisotopic (exact) mass is 216 g/mol. The van der Waals surface area contributed by atoms with Crippen molar-refractivity contribution in [1.29, 1.82) is 5.26 Å². The number of rotatable bonds is 2. The molecule has 1 atom stereocenters. The quantitative estimate of drug-likeness (QED) is 0.768. The van der Waals surface area contributed by atoms with E-state index in [2.05, 4.69) is 4.98 Å². The molecule has 0 bridgehead atoms. The molecule has 1 aliphatic rings. The molecule has 2 heterocycles. The molecule has 2 rings (SSSR count). The standard InChI is InChI=1S/C11H12N4O/c12-4-8-1-2-10(14-6-8)15-7-9(5-13)3-11(15)16/h1-2,6,9H,3,5,7,13H2. The molecule has 0 saturated carbocycles. The SMILES string of the molecule is N#Cc1ccc(N2CC(CN)CC2=O)nc1. The van der Waals surface area contributed by atoms with Crippen LogP contribution in [0.5, 0.6) is 0 Å². The third-order valence-electron chi connectivity index (χ3n) is 2.69. The molecule has 0 radical (unpaired) electrons. The van der Waals surface area contributed by atoms with E-state index in [1.54, 1.807) is 17.0 Å². The number of aromatic nitrogens is 1. The Kier molecular flexibility index (Phi) is 2.84. The number of carbonyl (C=O) groups excluding carboxylic acids is 1. The number of nitriles is 1. The van der Waals surface area contributed by atoms with Gasteiger partial charge < -0.3 is 5.73 Å². The Bertz CT molecular complexity index is 434. The second kappa shape index (κ2) is 4.29. The first kappa shape index (κ1) is 10.6. The van der Waals surface area contributed by atoms with E-state index in [0.717, 1.165) is 0 Å². The zero-order valence-corrected chi connectivity index (χ0v) is 8.76. The average molecular weight is 216 g/mol. The number of nitrogens with zero attached hydrogens (tertiary/aromatic N) is 3. The molecular weight excluding hydrogens is 204 g/mol. The third kappa shape index (κ3) is 1.88. The molecule has 0 aromatic carbocycles. The number of pyridine rings is 1. The molecule has 1 saturated heterocycles. The number of nitrogens with two attached hydrogens (primary N) is 1. The van der Waals surface area contributed by atoms with E-state index in [9.17, 15) is 4.79 Å². The minimum atomic E-state index is 0.0488. The molecule has 0 spiro atoms. The highest BCUT2D eigenvalue weighted by Crippen LogP contribution is 2.22. The lowest BCUT2D eigenvalue weighted by atomic mass is 10.1. The van der Waals surface area contributed by atoms with E-state index >= 15 is 0 Å². The minimum Gasteiger partial charge on any atom is -0.330 e. The van der Waals surface area contributed by atoms with Gasteiger partial charge in [-0.05, 0) is 24.6 Å². The van der Waals surface area contributed by atoms with Gasteiger partial charge in [0.05, 0.1) is 5.56 Å². The number of anilines is 1. The van der Waals surface area contributed by atoms with Crippen LogP contribution in [0.4, 0.5) is 5.82 Å². The molecule has 1 fully saturated rings. The first-order valence-electron chi connectivity index (χ1n) is 5.11. The molecule has 0 aliphatic carbocycles. The highest BCUT2D eigenvalue weighted by molar-refractivity contribution is 5.94. The zero-order chi connectivity index (χ0) is 11.5. The Morgan fingerprint density at radius 2 is 2.44 bits per heavy atom. The summed E-state index contributed by atoms with van der Waals surface area (Å²) in [5.74, 6) is 0.859. The number of hydrogen-bond acceptors (Lipinski definition) is 4. The first-order chi connectivity index (χ1) is 7.74. The Morgan fingerprint density at radius 1 is 1.62 bits per heavy atom. The van der Waals surface area contributed by atoms with E-state index in [4.69, 9.17) is 11.0 Å². The van der Waals surface area contributed by atoms with Gasteiger partial charge in [0, 0.05) is 19.2 Å². The molecular formula is C11H12N4O. The van der Waals surface area contributed by atoms with E-state index in [1.165, 1.54) is 6.20 Å². The Labute approximate surface area is 93.5 Å². The molecule has 1 aromatic rings. The van der Waals surface area contributed by atoms with Gasteiger partial charge in [0.25, 0.3) is 0 Å². The molecule has 1 unspecified atom stereocenters. The smallest absolute Gasteiger partial charge is 0.228 e. The largest absolute Gasteiger partial charge is 0.330 e. The fourth-order valence-corrected chi connectivity index (χ4v) is 1.77. The minimum absolute atomic E-state index is 0.0488. The summed E-state index contributed by atoms with van der Waals surface area (Å²) in [6, 6.07) is 5.34. The molecule has 82 valence electrons. The number of carbonyl (C=O) groups is 1. The van der Waals surface area contributed by atoms with Gasteiger partial charge in [-0.3, -0.25) is 9.69 Å². The van der Waals surface area contributed by atoms with Gasteiger partial charge in [-0.1, -0.05) is 0 Å². The van der Waals surface area contributed by atoms with Gasteiger partial charge in [0.1, 0.15) is 11.9 Å². The van der Waals surface area contributed by atoms with Crippen molar-refractivity contribution in [2.45, 2.75) is 6.42 Å². The second-order valence-corrected chi connectivity index (χ2v) is 3.83. The normalized spacial score (nSPS) is 19.9. The van der Waals surface area contributed by atoms with Crippen molar-refractivity contribution in [2.75, 3.05) is 18.0 Å². The van der Waals surface area contributed by atoms with Crippen molar-refractivity contribution >= 4 is 11.7 Å². The summed E-state index contributed by atoms with van der Waals surface area (Å²) in [4.78, 5) is 17.4. The Balaban J connectivity index is 2.19. The maximum absolute atomic E-state index is 11.7. The summed E-state index contributed by atoms with van der Waals surface area (Å²) >= 11 is 0. The fraction of sp³-hybridized carbons (Fsp3) is 0.364. The predicted molar refractivity (Wildman–Crippen MR) is 58.5 cm³/mol. The van der Waals surface area contributed by atoms with Gasteiger partial charge in [-0.15, -0.1) is 0 Å². The summed E-state index contributed by atoms with van der Waals surface area (Å²) in [6.07, 6.45) is 1.95. The van der Waals surface area contributed by atoms with Crippen LogP contribution in [0, 0.1) is 17.2 Å². The maximum Gasteiger partial charge on any atom is 0.228 e. The van der Waals surface area contributed by atoms with Crippen LogP contribution in [-0.4, -0.2) is 24.0 Å². The lowest BCUT2D eigenvalue weighted by molar-refractivity contribution is -0.117. The summed E-state index contributed by atoms with van der Waals surface area (Å²) in [5.41, 5.74) is 6.03. The topological polar surface area (TPSA) is 83.0 Å². The molecule has 2 N–H and O–H groups in total. The summed E-state index contributed by atoms with van der Waals surface area (Å²) in [7, 11) is 0. The van der Waals surface area contributed by atoms with Crippen molar-refractivity contribution in [1.82, 2.24) is 4.98 Å². The van der Waals surface area contributed by atoms with Crippen molar-refractivity contribution in [3.63, 3.8) is 0 Å². The maximum atomic E-state index is 11.7. The van der Waals surface area contributed by atoms with Crippen molar-refractivity contribution in [3.8, 4) is 6.07 Å². The van der Waals surface area contributed by atoms with Crippen LogP contribution in [0.2, 0.25) is 0 Å². The van der Waals surface area contributed by atoms with Crippen LogP contribution in [0.1, 0.15) is 12.0 Å². The number of hydrogen-bond donors (Lipinski definition) is 1. The molecule has 1 aromatic heterocycles. The zero-order valence-electron chi connectivity index (χ0n) is 8.76. The number of amides is 1. The van der Waals surface area contributed by atoms with Crippen molar-refractivity contribution in [3.05, 3.63) is 23.9 Å². The van der Waals surface area contributed by atoms with E-state index < -0.39 is 0 Å². The Morgan fingerprint density at radius 3 is 2.94 bits per heavy atom. The summed E-state index contributed by atoms with van der Waals surface area (Å²) in [5, 5.41) is 8.64. The van der Waals surface area contributed by atoms with Crippen molar-refractivity contribution in [2.24, 2.45) is 11.7 Å². The third-order valence-corrected chi connectivity index (χ3v) is 2.69. The lowest BCUT2D eigenvalue weighted by Gasteiger charge is -2.14. The van der Waals surface area contributed by atoms with Gasteiger partial charge in [-0.2, -0.15) is 5.26 Å². The van der Waals surface area contributed by atoms with E-state index in [1.807, 2.05) is 6.07 Å². The Hall–Kier alpha value is -1.93. The predicted octanol–water partition coefficient (Wildman–Crippen LogP) is 0.265. The molecule has 5 heteroatoms. The molecule has 5 nitrogen and oxygen atoms in total. The van der Waals surface area contributed by atoms with Crippen LogP contribution in [-0.2, 0) is 4.79 Å². The van der Waals surface area contributed by atoms with Crippen LogP contribution in [0.3, 0.4) is 0 Å². The van der Waals surface area contributed by atoms with Crippen LogP contribution >= 0.6 is 0 Å². The lowest BCUT2D eigenvalue weighted by Crippen LogP contribution is -2.26. The fourth-order valence-electron chi connectivity index (χ4n) is 1.77. The molecule has 16 heavy (non-hydrogen) atoms. The van der Waals surface area contributed by atoms with Crippen LogP contribution in [0.25, 0.3) is 0 Å². The molecule has 1 amide bonds. The molecule has 1 aliphatic heterocycles. The van der Waals surface area contributed by atoms with E-state index in [0.29, 0.717) is 30.9 Å². The average Bonchev–Trinajstić information content (AvgIpc) is 2.71. The highest BCUT2D eigenvalue weighted by atomic mass is 16.2. The first-order valence-corrected chi connectivity index (χ1v) is 5.11. The summed E-state index contributed by atoms with van der Waals surface area (Å²) in [6.45, 7) is 1.13.